The molecule has 0 aromatic heterocycles. The SMILES string of the molecule is CC(CCc1ccccc1F)NCC1(O)CCSCC1. The third-order valence-corrected chi connectivity index (χ3v) is 4.99. The predicted molar refractivity (Wildman–Crippen MR) is 83.7 cm³/mol. The first-order chi connectivity index (χ1) is 9.59. The molecule has 2 rings (SSSR count). The van der Waals surface area contributed by atoms with Crippen LogP contribution in [-0.2, 0) is 6.42 Å². The summed E-state index contributed by atoms with van der Waals surface area (Å²) in [5.41, 5.74) is 0.228. The first-order valence-corrected chi connectivity index (χ1v) is 8.51. The van der Waals surface area contributed by atoms with Crippen molar-refractivity contribution < 1.29 is 9.50 Å². The molecule has 1 aliphatic rings. The normalized spacial score (nSPS) is 19.8. The molecule has 112 valence electrons. The summed E-state index contributed by atoms with van der Waals surface area (Å²) in [6, 6.07) is 7.23. The summed E-state index contributed by atoms with van der Waals surface area (Å²) in [7, 11) is 0. The highest BCUT2D eigenvalue weighted by atomic mass is 32.2. The molecular weight excluding hydrogens is 273 g/mol. The van der Waals surface area contributed by atoms with Gasteiger partial charge in [0, 0.05) is 12.6 Å². The Morgan fingerprint density at radius 3 is 2.75 bits per heavy atom. The number of rotatable bonds is 6. The van der Waals surface area contributed by atoms with E-state index in [0.717, 1.165) is 42.8 Å². The Labute approximate surface area is 125 Å². The summed E-state index contributed by atoms with van der Waals surface area (Å²) < 4.78 is 13.5. The van der Waals surface area contributed by atoms with E-state index in [9.17, 15) is 9.50 Å². The second-order valence-corrected chi connectivity index (χ2v) is 6.97. The van der Waals surface area contributed by atoms with Crippen LogP contribution < -0.4 is 5.32 Å². The first-order valence-electron chi connectivity index (χ1n) is 7.36. The van der Waals surface area contributed by atoms with Crippen LogP contribution >= 0.6 is 11.8 Å². The van der Waals surface area contributed by atoms with Gasteiger partial charge in [0.2, 0.25) is 0 Å². The van der Waals surface area contributed by atoms with Gasteiger partial charge in [0.05, 0.1) is 5.60 Å². The molecule has 0 aliphatic carbocycles. The van der Waals surface area contributed by atoms with Crippen molar-refractivity contribution in [1.29, 1.82) is 0 Å². The van der Waals surface area contributed by atoms with E-state index < -0.39 is 5.60 Å². The maximum atomic E-state index is 13.5. The van der Waals surface area contributed by atoms with Gasteiger partial charge in [-0.05, 0) is 55.7 Å². The van der Waals surface area contributed by atoms with Gasteiger partial charge < -0.3 is 10.4 Å². The lowest BCUT2D eigenvalue weighted by Crippen LogP contribution is -2.46. The quantitative estimate of drug-likeness (QED) is 0.846. The number of benzene rings is 1. The van der Waals surface area contributed by atoms with Crippen LogP contribution in [0.15, 0.2) is 24.3 Å². The van der Waals surface area contributed by atoms with Crippen LogP contribution in [0, 0.1) is 5.82 Å². The van der Waals surface area contributed by atoms with Gasteiger partial charge in [-0.25, -0.2) is 4.39 Å². The van der Waals surface area contributed by atoms with Crippen LogP contribution in [0.3, 0.4) is 0 Å². The fraction of sp³-hybridized carbons (Fsp3) is 0.625. The molecule has 0 spiro atoms. The zero-order valence-electron chi connectivity index (χ0n) is 12.1. The molecule has 2 nitrogen and oxygen atoms in total. The number of halogens is 1. The Hall–Kier alpha value is -0.580. The van der Waals surface area contributed by atoms with Gasteiger partial charge in [0.25, 0.3) is 0 Å². The standard InChI is InChI=1S/C16H24FNOS/c1-13(6-7-14-4-2-3-5-15(14)17)18-12-16(19)8-10-20-11-9-16/h2-5,13,18-19H,6-12H2,1H3. The van der Waals surface area contributed by atoms with Crippen molar-refractivity contribution >= 4 is 11.8 Å². The van der Waals surface area contributed by atoms with Crippen molar-refractivity contribution in [2.24, 2.45) is 0 Å². The Bertz CT molecular complexity index is 421. The number of aliphatic hydroxyl groups is 1. The average Bonchev–Trinajstić information content (AvgIpc) is 2.45. The van der Waals surface area contributed by atoms with Gasteiger partial charge in [0.1, 0.15) is 5.82 Å². The minimum absolute atomic E-state index is 0.123. The summed E-state index contributed by atoms with van der Waals surface area (Å²) >= 11 is 1.91. The van der Waals surface area contributed by atoms with Crippen molar-refractivity contribution in [2.45, 2.75) is 44.2 Å². The molecule has 4 heteroatoms. The molecule has 0 amide bonds. The smallest absolute Gasteiger partial charge is 0.126 e. The number of nitrogens with one attached hydrogen (secondary N) is 1. The lowest BCUT2D eigenvalue weighted by atomic mass is 9.96. The monoisotopic (exact) mass is 297 g/mol. The van der Waals surface area contributed by atoms with E-state index in [1.807, 2.05) is 23.9 Å². The number of thioether (sulfide) groups is 1. The molecule has 1 heterocycles. The molecule has 1 atom stereocenters. The van der Waals surface area contributed by atoms with Crippen molar-refractivity contribution in [1.82, 2.24) is 5.32 Å². The number of hydrogen-bond acceptors (Lipinski definition) is 3. The van der Waals surface area contributed by atoms with Crippen molar-refractivity contribution in [2.75, 3.05) is 18.1 Å². The molecule has 0 bridgehead atoms. The predicted octanol–water partition coefficient (Wildman–Crippen LogP) is 2.99. The number of hydrogen-bond donors (Lipinski definition) is 2. The Morgan fingerprint density at radius 1 is 1.35 bits per heavy atom. The van der Waals surface area contributed by atoms with E-state index in [0.29, 0.717) is 6.54 Å². The summed E-state index contributed by atoms with van der Waals surface area (Å²) in [5, 5.41) is 13.8. The zero-order valence-corrected chi connectivity index (χ0v) is 12.9. The van der Waals surface area contributed by atoms with Crippen LogP contribution in [-0.4, -0.2) is 34.8 Å². The molecule has 0 saturated carbocycles. The van der Waals surface area contributed by atoms with Crippen LogP contribution in [0.1, 0.15) is 31.7 Å². The Kier molecular flexibility index (Phi) is 5.87. The fourth-order valence-corrected chi connectivity index (χ4v) is 3.72. The van der Waals surface area contributed by atoms with Gasteiger partial charge in [0.15, 0.2) is 0 Å². The summed E-state index contributed by atoms with van der Waals surface area (Å²) in [6.45, 7) is 2.74. The molecule has 1 aromatic rings. The Morgan fingerprint density at radius 2 is 2.05 bits per heavy atom. The van der Waals surface area contributed by atoms with Gasteiger partial charge in [-0.1, -0.05) is 18.2 Å². The fourth-order valence-electron chi connectivity index (χ4n) is 2.47. The van der Waals surface area contributed by atoms with Crippen LogP contribution in [0.2, 0.25) is 0 Å². The molecule has 1 aromatic carbocycles. The van der Waals surface area contributed by atoms with E-state index in [1.165, 1.54) is 6.07 Å². The molecule has 20 heavy (non-hydrogen) atoms. The minimum Gasteiger partial charge on any atom is -0.389 e. The van der Waals surface area contributed by atoms with Gasteiger partial charge in [-0.2, -0.15) is 11.8 Å². The van der Waals surface area contributed by atoms with Gasteiger partial charge in [-0.3, -0.25) is 0 Å². The minimum atomic E-state index is -0.544. The highest BCUT2D eigenvalue weighted by molar-refractivity contribution is 7.99. The lowest BCUT2D eigenvalue weighted by Gasteiger charge is -2.33. The van der Waals surface area contributed by atoms with Crippen LogP contribution in [0.4, 0.5) is 4.39 Å². The van der Waals surface area contributed by atoms with E-state index in [4.69, 9.17) is 0 Å². The molecule has 1 fully saturated rings. The molecule has 0 radical (unpaired) electrons. The van der Waals surface area contributed by atoms with Crippen molar-refractivity contribution in [3.63, 3.8) is 0 Å². The molecule has 2 N–H and O–H groups in total. The molecule has 1 unspecified atom stereocenters. The number of aryl methyl sites for hydroxylation is 1. The second kappa shape index (κ2) is 7.43. The van der Waals surface area contributed by atoms with Gasteiger partial charge in [-0.15, -0.1) is 0 Å². The van der Waals surface area contributed by atoms with E-state index >= 15 is 0 Å². The summed E-state index contributed by atoms with van der Waals surface area (Å²) in [5.74, 6) is 1.96. The molecule has 1 saturated heterocycles. The maximum Gasteiger partial charge on any atom is 0.126 e. The third kappa shape index (κ3) is 4.76. The third-order valence-electron chi connectivity index (χ3n) is 4.01. The molecular formula is C16H24FNOS. The van der Waals surface area contributed by atoms with Crippen molar-refractivity contribution in [3.8, 4) is 0 Å². The highest BCUT2D eigenvalue weighted by Crippen LogP contribution is 2.26. The van der Waals surface area contributed by atoms with Crippen molar-refractivity contribution in [3.05, 3.63) is 35.6 Å². The first kappa shape index (κ1) is 15.8. The lowest BCUT2D eigenvalue weighted by molar-refractivity contribution is 0.0298. The Balaban J connectivity index is 1.73. The highest BCUT2D eigenvalue weighted by Gasteiger charge is 2.29. The topological polar surface area (TPSA) is 32.3 Å². The maximum absolute atomic E-state index is 13.5. The van der Waals surface area contributed by atoms with Crippen LogP contribution in [0.25, 0.3) is 0 Å². The van der Waals surface area contributed by atoms with E-state index in [2.05, 4.69) is 12.2 Å². The largest absolute Gasteiger partial charge is 0.389 e. The van der Waals surface area contributed by atoms with E-state index in [-0.39, 0.29) is 11.9 Å². The summed E-state index contributed by atoms with van der Waals surface area (Å²) in [4.78, 5) is 0. The van der Waals surface area contributed by atoms with E-state index in [1.54, 1.807) is 6.07 Å². The second-order valence-electron chi connectivity index (χ2n) is 5.75. The van der Waals surface area contributed by atoms with Gasteiger partial charge >= 0.3 is 0 Å². The summed E-state index contributed by atoms with van der Waals surface area (Å²) in [6.07, 6.45) is 3.34. The average molecular weight is 297 g/mol. The van der Waals surface area contributed by atoms with Crippen LogP contribution in [0.5, 0.6) is 0 Å². The molecule has 1 aliphatic heterocycles. The zero-order chi connectivity index (χ0) is 14.4.